The summed E-state index contributed by atoms with van der Waals surface area (Å²) in [6.45, 7) is 6.23. The van der Waals surface area contributed by atoms with E-state index in [1.54, 1.807) is 6.33 Å². The van der Waals surface area contributed by atoms with Gasteiger partial charge in [-0.25, -0.2) is 4.98 Å². The number of hydrogen-bond acceptors (Lipinski definition) is 3. The second kappa shape index (κ2) is 4.75. The van der Waals surface area contributed by atoms with E-state index in [1.807, 2.05) is 25.3 Å². The van der Waals surface area contributed by atoms with Crippen molar-refractivity contribution in [2.24, 2.45) is 0 Å². The van der Waals surface area contributed by atoms with Crippen LogP contribution >= 0.6 is 12.2 Å². The van der Waals surface area contributed by atoms with E-state index < -0.39 is 0 Å². The van der Waals surface area contributed by atoms with Crippen LogP contribution < -0.4 is 0 Å². The Morgan fingerprint density at radius 1 is 1.29 bits per heavy atom. The molecule has 2 aromatic heterocycles. The van der Waals surface area contributed by atoms with Crippen LogP contribution in [0.1, 0.15) is 31.0 Å². The second-order valence-corrected chi connectivity index (χ2v) is 4.72. The fraction of sp³-hybridized carbons (Fsp3) is 0.308. The predicted molar refractivity (Wildman–Crippen MR) is 71.5 cm³/mol. The summed E-state index contributed by atoms with van der Waals surface area (Å²) >= 11 is 5.30. The van der Waals surface area contributed by atoms with Crippen molar-refractivity contribution >= 4 is 12.2 Å². The van der Waals surface area contributed by atoms with E-state index in [1.165, 1.54) is 0 Å². The van der Waals surface area contributed by atoms with E-state index in [2.05, 4.69) is 28.8 Å². The Balaban J connectivity index is 2.67. The normalized spacial score (nSPS) is 10.8. The van der Waals surface area contributed by atoms with Crippen LogP contribution in [0.2, 0.25) is 0 Å². The minimum atomic E-state index is 0.343. The highest BCUT2D eigenvalue weighted by Crippen LogP contribution is 2.27. The van der Waals surface area contributed by atoms with Crippen molar-refractivity contribution in [3.05, 3.63) is 40.6 Å². The SMILES string of the molecule is Cc1cc(-c2[nH]cnc(=S)c2C(C)C)ccn1. The van der Waals surface area contributed by atoms with Gasteiger partial charge in [0.2, 0.25) is 0 Å². The van der Waals surface area contributed by atoms with Crippen LogP contribution in [0.15, 0.2) is 24.7 Å². The van der Waals surface area contributed by atoms with Crippen molar-refractivity contribution in [1.29, 1.82) is 0 Å². The maximum Gasteiger partial charge on any atom is 0.133 e. The van der Waals surface area contributed by atoms with Crippen molar-refractivity contribution < 1.29 is 0 Å². The Bertz CT molecular complexity index is 587. The first-order valence-corrected chi connectivity index (χ1v) is 6.01. The third-order valence-electron chi connectivity index (χ3n) is 2.65. The average Bonchev–Trinajstić information content (AvgIpc) is 2.28. The standard InChI is InChI=1S/C13H15N3S/c1-8(2)11-12(15-7-16-13(11)17)10-4-5-14-9(3)6-10/h4-8H,1-3H3,(H,15,16,17). The number of nitrogens with zero attached hydrogens (tertiary/aromatic N) is 2. The number of aromatic nitrogens is 3. The highest BCUT2D eigenvalue weighted by molar-refractivity contribution is 7.71. The van der Waals surface area contributed by atoms with Gasteiger partial charge in [0.15, 0.2) is 0 Å². The van der Waals surface area contributed by atoms with Gasteiger partial charge < -0.3 is 4.98 Å². The molecule has 0 spiro atoms. The fourth-order valence-corrected chi connectivity index (χ4v) is 2.28. The zero-order valence-electron chi connectivity index (χ0n) is 10.2. The molecule has 0 radical (unpaired) electrons. The number of aryl methyl sites for hydroxylation is 1. The van der Waals surface area contributed by atoms with Crippen molar-refractivity contribution in [2.75, 3.05) is 0 Å². The number of pyridine rings is 1. The highest BCUT2D eigenvalue weighted by Gasteiger charge is 2.11. The minimum Gasteiger partial charge on any atom is -0.346 e. The van der Waals surface area contributed by atoms with E-state index in [9.17, 15) is 0 Å². The van der Waals surface area contributed by atoms with Gasteiger partial charge in [-0.15, -0.1) is 0 Å². The number of aromatic amines is 1. The van der Waals surface area contributed by atoms with Gasteiger partial charge in [0.05, 0.1) is 12.0 Å². The molecule has 0 unspecified atom stereocenters. The molecule has 3 nitrogen and oxygen atoms in total. The molecule has 0 aliphatic heterocycles. The summed E-state index contributed by atoms with van der Waals surface area (Å²) in [6, 6.07) is 4.03. The van der Waals surface area contributed by atoms with Crippen LogP contribution in [0.5, 0.6) is 0 Å². The number of H-pyrrole nitrogens is 1. The van der Waals surface area contributed by atoms with Crippen molar-refractivity contribution in [3.8, 4) is 11.3 Å². The summed E-state index contributed by atoms with van der Waals surface area (Å²) in [5.41, 5.74) is 4.24. The molecule has 17 heavy (non-hydrogen) atoms. The lowest BCUT2D eigenvalue weighted by Gasteiger charge is -2.12. The van der Waals surface area contributed by atoms with Gasteiger partial charge in [-0.2, -0.15) is 0 Å². The molecule has 0 aromatic carbocycles. The lowest BCUT2D eigenvalue weighted by atomic mass is 9.99. The molecule has 88 valence electrons. The summed E-state index contributed by atoms with van der Waals surface area (Å²) < 4.78 is 0.670. The first kappa shape index (κ1) is 11.9. The lowest BCUT2D eigenvalue weighted by molar-refractivity contribution is 0.843. The molecule has 0 atom stereocenters. The van der Waals surface area contributed by atoms with Gasteiger partial charge in [0.1, 0.15) is 4.64 Å². The zero-order chi connectivity index (χ0) is 12.4. The van der Waals surface area contributed by atoms with Crippen LogP contribution in [0.3, 0.4) is 0 Å². The first-order valence-electron chi connectivity index (χ1n) is 5.60. The summed E-state index contributed by atoms with van der Waals surface area (Å²) in [6.07, 6.45) is 3.46. The van der Waals surface area contributed by atoms with Crippen molar-refractivity contribution in [1.82, 2.24) is 15.0 Å². The highest BCUT2D eigenvalue weighted by atomic mass is 32.1. The monoisotopic (exact) mass is 245 g/mol. The molecule has 0 saturated carbocycles. The Morgan fingerprint density at radius 2 is 2.06 bits per heavy atom. The molecule has 2 rings (SSSR count). The summed E-state index contributed by atoms with van der Waals surface area (Å²) in [4.78, 5) is 11.6. The maximum atomic E-state index is 5.30. The molecule has 1 N–H and O–H groups in total. The minimum absolute atomic E-state index is 0.343. The van der Waals surface area contributed by atoms with Crippen LogP contribution in [0.4, 0.5) is 0 Å². The van der Waals surface area contributed by atoms with Crippen molar-refractivity contribution in [2.45, 2.75) is 26.7 Å². The summed E-state index contributed by atoms with van der Waals surface area (Å²) in [5, 5.41) is 0. The molecule has 0 saturated heterocycles. The van der Waals surface area contributed by atoms with E-state index >= 15 is 0 Å². The van der Waals surface area contributed by atoms with Gasteiger partial charge in [-0.05, 0) is 25.0 Å². The molecular formula is C13H15N3S. The number of nitrogens with one attached hydrogen (secondary N) is 1. The van der Waals surface area contributed by atoms with E-state index in [4.69, 9.17) is 12.2 Å². The average molecular weight is 245 g/mol. The first-order chi connectivity index (χ1) is 8.09. The predicted octanol–water partition coefficient (Wildman–Crippen LogP) is 3.63. The van der Waals surface area contributed by atoms with Crippen LogP contribution in [0.25, 0.3) is 11.3 Å². The molecular weight excluding hydrogens is 230 g/mol. The van der Waals surface area contributed by atoms with E-state index in [0.29, 0.717) is 10.6 Å². The quantitative estimate of drug-likeness (QED) is 0.821. The topological polar surface area (TPSA) is 41.6 Å². The Morgan fingerprint density at radius 3 is 2.71 bits per heavy atom. The van der Waals surface area contributed by atoms with E-state index in [-0.39, 0.29) is 0 Å². The largest absolute Gasteiger partial charge is 0.346 e. The molecule has 4 heteroatoms. The van der Waals surface area contributed by atoms with Gasteiger partial charge in [0.25, 0.3) is 0 Å². The van der Waals surface area contributed by atoms with E-state index in [0.717, 1.165) is 22.5 Å². The molecule has 0 amide bonds. The van der Waals surface area contributed by atoms with Crippen LogP contribution in [-0.4, -0.2) is 15.0 Å². The van der Waals surface area contributed by atoms with Gasteiger partial charge in [-0.3, -0.25) is 4.98 Å². The molecule has 0 aliphatic rings. The Labute approximate surface area is 106 Å². The smallest absolute Gasteiger partial charge is 0.133 e. The third kappa shape index (κ3) is 2.42. The molecule has 0 fully saturated rings. The zero-order valence-corrected chi connectivity index (χ0v) is 11.0. The Kier molecular flexibility index (Phi) is 3.33. The second-order valence-electron chi connectivity index (χ2n) is 4.34. The van der Waals surface area contributed by atoms with Crippen LogP contribution in [-0.2, 0) is 0 Å². The van der Waals surface area contributed by atoms with Gasteiger partial charge in [-0.1, -0.05) is 26.1 Å². The lowest BCUT2D eigenvalue weighted by Crippen LogP contribution is -1.99. The Hall–Kier alpha value is -1.55. The molecule has 2 aromatic rings. The molecule has 0 aliphatic carbocycles. The van der Waals surface area contributed by atoms with Gasteiger partial charge in [0, 0.05) is 23.0 Å². The number of hydrogen-bond donors (Lipinski definition) is 1. The molecule has 0 bridgehead atoms. The third-order valence-corrected chi connectivity index (χ3v) is 2.98. The summed E-state index contributed by atoms with van der Waals surface area (Å²) in [7, 11) is 0. The molecule has 2 heterocycles. The fourth-order valence-electron chi connectivity index (χ4n) is 1.89. The summed E-state index contributed by atoms with van der Waals surface area (Å²) in [5.74, 6) is 0.343. The van der Waals surface area contributed by atoms with Crippen molar-refractivity contribution in [3.63, 3.8) is 0 Å². The maximum absolute atomic E-state index is 5.30. The van der Waals surface area contributed by atoms with Crippen LogP contribution in [0, 0.1) is 11.6 Å². The number of rotatable bonds is 2. The van der Waals surface area contributed by atoms with Gasteiger partial charge >= 0.3 is 0 Å².